The molecule has 0 rings (SSSR count). The summed E-state index contributed by atoms with van der Waals surface area (Å²) in [6.07, 6.45) is -5.45. The summed E-state index contributed by atoms with van der Waals surface area (Å²) in [5.41, 5.74) is 0. The number of amides is 2. The van der Waals surface area contributed by atoms with Crippen LogP contribution >= 0.6 is 0 Å². The molecule has 0 aromatic carbocycles. The molecule has 0 spiro atoms. The lowest BCUT2D eigenvalue weighted by molar-refractivity contribution is -0.137. The van der Waals surface area contributed by atoms with Crippen LogP contribution in [-0.4, -0.2) is 48.3 Å². The highest BCUT2D eigenvalue weighted by Gasteiger charge is 2.28. The van der Waals surface area contributed by atoms with Gasteiger partial charge in [0.05, 0.1) is 6.42 Å². The van der Waals surface area contributed by atoms with Gasteiger partial charge in [0.2, 0.25) is 0 Å². The Hall–Kier alpha value is -1.47. The molecular weight excluding hydrogens is 217 g/mol. The lowest BCUT2D eigenvalue weighted by Gasteiger charge is -2.17. The molecule has 88 valence electrons. The van der Waals surface area contributed by atoms with E-state index in [1.807, 2.05) is 5.32 Å². The third kappa shape index (κ3) is 7.59. The molecule has 8 heteroatoms. The summed E-state index contributed by atoms with van der Waals surface area (Å²) in [5.74, 6) is -1.26. The minimum atomic E-state index is -4.33. The Kier molecular flexibility index (Phi) is 4.89. The van der Waals surface area contributed by atoms with E-state index in [0.717, 1.165) is 11.9 Å². The lowest BCUT2D eigenvalue weighted by Crippen LogP contribution is -2.41. The van der Waals surface area contributed by atoms with E-state index in [-0.39, 0.29) is 0 Å². The minimum Gasteiger partial charge on any atom is -0.480 e. The van der Waals surface area contributed by atoms with Crippen LogP contribution in [0.25, 0.3) is 0 Å². The Bertz CT molecular complexity index is 242. The number of halogens is 3. The van der Waals surface area contributed by atoms with Gasteiger partial charge in [0.1, 0.15) is 6.54 Å². The molecule has 0 saturated heterocycles. The molecule has 5 nitrogen and oxygen atoms in total. The molecule has 0 aliphatic heterocycles. The van der Waals surface area contributed by atoms with Gasteiger partial charge in [0.25, 0.3) is 0 Å². The van der Waals surface area contributed by atoms with E-state index in [0.29, 0.717) is 0 Å². The van der Waals surface area contributed by atoms with Crippen LogP contribution in [0.1, 0.15) is 6.42 Å². The molecule has 0 atom stereocenters. The van der Waals surface area contributed by atoms with Crippen LogP contribution in [0.15, 0.2) is 0 Å². The maximum absolute atomic E-state index is 11.7. The molecule has 0 saturated carbocycles. The predicted octanol–water partition coefficient (Wildman–Crippen LogP) is 0.665. The predicted molar refractivity (Wildman–Crippen MR) is 44.3 cm³/mol. The molecule has 2 N–H and O–H groups in total. The summed E-state index contributed by atoms with van der Waals surface area (Å²) in [6, 6.07) is -0.846. The van der Waals surface area contributed by atoms with Crippen LogP contribution in [0.2, 0.25) is 0 Å². The van der Waals surface area contributed by atoms with Gasteiger partial charge in [0, 0.05) is 13.6 Å². The zero-order valence-electron chi connectivity index (χ0n) is 7.97. The smallest absolute Gasteiger partial charge is 0.390 e. The first-order valence-electron chi connectivity index (χ1n) is 4.00. The molecule has 0 heterocycles. The Morgan fingerprint density at radius 1 is 1.40 bits per heavy atom. The van der Waals surface area contributed by atoms with E-state index >= 15 is 0 Å². The van der Waals surface area contributed by atoms with Gasteiger partial charge in [-0.05, 0) is 0 Å². The van der Waals surface area contributed by atoms with E-state index in [4.69, 9.17) is 5.11 Å². The second-order valence-electron chi connectivity index (χ2n) is 2.84. The first kappa shape index (κ1) is 13.5. The average Bonchev–Trinajstić information content (AvgIpc) is 2.08. The van der Waals surface area contributed by atoms with E-state index in [9.17, 15) is 22.8 Å². The van der Waals surface area contributed by atoms with Crippen LogP contribution in [0.4, 0.5) is 18.0 Å². The first-order chi connectivity index (χ1) is 6.72. The molecule has 0 bridgehead atoms. The van der Waals surface area contributed by atoms with Crippen molar-refractivity contribution in [1.29, 1.82) is 0 Å². The molecule has 15 heavy (non-hydrogen) atoms. The quantitative estimate of drug-likeness (QED) is 0.742. The van der Waals surface area contributed by atoms with Crippen molar-refractivity contribution in [2.45, 2.75) is 12.6 Å². The summed E-state index contributed by atoms with van der Waals surface area (Å²) in [5, 5.41) is 10.1. The average molecular weight is 228 g/mol. The normalized spacial score (nSPS) is 10.9. The summed E-state index contributed by atoms with van der Waals surface area (Å²) < 4.78 is 35.2. The number of hydrogen-bond donors (Lipinski definition) is 2. The molecule has 0 fully saturated rings. The van der Waals surface area contributed by atoms with Crippen LogP contribution in [0, 0.1) is 0 Å². The fourth-order valence-corrected chi connectivity index (χ4v) is 0.682. The second kappa shape index (κ2) is 5.42. The maximum atomic E-state index is 11.7. The number of alkyl halides is 3. The summed E-state index contributed by atoms with van der Waals surface area (Å²) in [6.45, 7) is -1.12. The molecule has 0 aliphatic rings. The van der Waals surface area contributed by atoms with Crippen molar-refractivity contribution in [2.75, 3.05) is 20.1 Å². The highest BCUT2D eigenvalue weighted by molar-refractivity contribution is 5.79. The Balaban J connectivity index is 3.84. The van der Waals surface area contributed by atoms with Crippen molar-refractivity contribution in [3.05, 3.63) is 0 Å². The van der Waals surface area contributed by atoms with Gasteiger partial charge < -0.3 is 15.3 Å². The summed E-state index contributed by atoms with van der Waals surface area (Å²) in [4.78, 5) is 21.8. The minimum absolute atomic E-state index is 0.505. The third-order valence-electron chi connectivity index (χ3n) is 1.47. The number of carboxylic acid groups (broad SMARTS) is 1. The van der Waals surface area contributed by atoms with Gasteiger partial charge in [-0.25, -0.2) is 4.79 Å². The van der Waals surface area contributed by atoms with Crippen LogP contribution in [0.5, 0.6) is 0 Å². The maximum Gasteiger partial charge on any atom is 0.390 e. The zero-order valence-corrected chi connectivity index (χ0v) is 7.97. The van der Waals surface area contributed by atoms with Gasteiger partial charge in [-0.2, -0.15) is 13.2 Å². The van der Waals surface area contributed by atoms with Crippen LogP contribution in [0.3, 0.4) is 0 Å². The number of urea groups is 1. The van der Waals surface area contributed by atoms with Crippen molar-refractivity contribution in [3.8, 4) is 0 Å². The van der Waals surface area contributed by atoms with Gasteiger partial charge in [-0.1, -0.05) is 0 Å². The second-order valence-corrected chi connectivity index (χ2v) is 2.84. The van der Waals surface area contributed by atoms with Crippen LogP contribution < -0.4 is 5.32 Å². The molecule has 0 aromatic rings. The molecule has 0 aliphatic carbocycles. The van der Waals surface area contributed by atoms with Gasteiger partial charge in [-0.15, -0.1) is 0 Å². The van der Waals surface area contributed by atoms with Gasteiger partial charge >= 0.3 is 18.2 Å². The number of hydrogen-bond acceptors (Lipinski definition) is 2. The van der Waals surface area contributed by atoms with Crippen molar-refractivity contribution in [3.63, 3.8) is 0 Å². The number of carbonyl (C=O) groups excluding carboxylic acids is 1. The van der Waals surface area contributed by atoms with Crippen molar-refractivity contribution < 1.29 is 27.9 Å². The molecule has 0 radical (unpaired) electrons. The van der Waals surface area contributed by atoms with Crippen molar-refractivity contribution >= 4 is 12.0 Å². The monoisotopic (exact) mass is 228 g/mol. The topological polar surface area (TPSA) is 69.6 Å². The number of carboxylic acids is 1. The molecular formula is C7H11F3N2O3. The molecule has 2 amide bonds. The highest BCUT2D eigenvalue weighted by atomic mass is 19.4. The summed E-state index contributed by atoms with van der Waals surface area (Å²) in [7, 11) is 1.16. The lowest BCUT2D eigenvalue weighted by atomic mass is 10.4. The molecule has 0 aromatic heterocycles. The highest BCUT2D eigenvalue weighted by Crippen LogP contribution is 2.19. The fraction of sp³-hybridized carbons (Fsp3) is 0.714. The van der Waals surface area contributed by atoms with Gasteiger partial charge in [0.15, 0.2) is 0 Å². The number of nitrogens with one attached hydrogen (secondary N) is 1. The van der Waals surface area contributed by atoms with Crippen molar-refractivity contribution in [2.24, 2.45) is 0 Å². The Morgan fingerprint density at radius 2 is 1.93 bits per heavy atom. The van der Waals surface area contributed by atoms with Crippen molar-refractivity contribution in [1.82, 2.24) is 10.2 Å². The Morgan fingerprint density at radius 3 is 2.33 bits per heavy atom. The third-order valence-corrected chi connectivity index (χ3v) is 1.47. The number of aliphatic carboxylic acids is 1. The number of rotatable bonds is 4. The standard InChI is InChI=1S/C7H11F3N2O3/c1-12(3-2-7(8,9)10)6(15)11-4-5(13)14/h2-4H2,1H3,(H,11,15)(H,13,14). The summed E-state index contributed by atoms with van der Waals surface area (Å²) >= 11 is 0. The SMILES string of the molecule is CN(CCC(F)(F)F)C(=O)NCC(=O)O. The zero-order chi connectivity index (χ0) is 12.1. The van der Waals surface area contributed by atoms with Crippen LogP contribution in [-0.2, 0) is 4.79 Å². The molecule has 0 unspecified atom stereocenters. The van der Waals surface area contributed by atoms with E-state index in [2.05, 4.69) is 0 Å². The fourth-order valence-electron chi connectivity index (χ4n) is 0.682. The largest absolute Gasteiger partial charge is 0.480 e. The van der Waals surface area contributed by atoms with Gasteiger partial charge in [-0.3, -0.25) is 4.79 Å². The van der Waals surface area contributed by atoms with E-state index < -0.39 is 37.7 Å². The van der Waals surface area contributed by atoms with E-state index in [1.54, 1.807) is 0 Å². The number of nitrogens with zero attached hydrogens (tertiary/aromatic N) is 1. The van der Waals surface area contributed by atoms with E-state index in [1.165, 1.54) is 0 Å². The Labute approximate surface area is 83.9 Å². The first-order valence-corrected chi connectivity index (χ1v) is 4.00. The number of carbonyl (C=O) groups is 2.